The van der Waals surface area contributed by atoms with Crippen LogP contribution in [0.1, 0.15) is 16.8 Å². The summed E-state index contributed by atoms with van der Waals surface area (Å²) in [7, 11) is 2.02. The van der Waals surface area contributed by atoms with E-state index in [-0.39, 0.29) is 11.9 Å². The first kappa shape index (κ1) is 14.8. The van der Waals surface area contributed by atoms with Crippen molar-refractivity contribution in [2.24, 2.45) is 0 Å². The molecule has 1 atom stereocenters. The molecular formula is C17H20N4OS. The summed E-state index contributed by atoms with van der Waals surface area (Å²) >= 11 is 1.77. The van der Waals surface area contributed by atoms with Crippen LogP contribution in [0.2, 0.25) is 0 Å². The molecule has 3 heterocycles. The van der Waals surface area contributed by atoms with Crippen molar-refractivity contribution in [3.8, 4) is 0 Å². The van der Waals surface area contributed by atoms with Gasteiger partial charge in [-0.2, -0.15) is 0 Å². The first-order valence-electron chi connectivity index (χ1n) is 7.94. The SMILES string of the molecule is CN1Cc2ccccc2C[C@H]1C(=O)NCc1cn2c(n1)SCC2. The van der Waals surface area contributed by atoms with Crippen LogP contribution in [0.15, 0.2) is 35.6 Å². The van der Waals surface area contributed by atoms with Gasteiger partial charge in [0.25, 0.3) is 0 Å². The molecule has 0 saturated heterocycles. The number of aryl methyl sites for hydroxylation is 1. The van der Waals surface area contributed by atoms with Crippen molar-refractivity contribution < 1.29 is 4.79 Å². The van der Waals surface area contributed by atoms with Gasteiger partial charge >= 0.3 is 0 Å². The summed E-state index contributed by atoms with van der Waals surface area (Å²) in [5.74, 6) is 1.18. The number of amides is 1. The Labute approximate surface area is 140 Å². The normalized spacial score (nSPS) is 20.1. The van der Waals surface area contributed by atoms with Crippen LogP contribution in [0.25, 0.3) is 0 Å². The van der Waals surface area contributed by atoms with Crippen molar-refractivity contribution >= 4 is 17.7 Å². The zero-order chi connectivity index (χ0) is 15.8. The maximum absolute atomic E-state index is 12.6. The van der Waals surface area contributed by atoms with Gasteiger partial charge in [-0.05, 0) is 24.6 Å². The van der Waals surface area contributed by atoms with Crippen LogP contribution in [-0.4, -0.2) is 39.2 Å². The summed E-state index contributed by atoms with van der Waals surface area (Å²) in [6, 6.07) is 8.27. The van der Waals surface area contributed by atoms with Gasteiger partial charge in [-0.1, -0.05) is 36.0 Å². The molecule has 0 saturated carbocycles. The summed E-state index contributed by atoms with van der Waals surface area (Å²) < 4.78 is 2.16. The van der Waals surface area contributed by atoms with Crippen LogP contribution in [-0.2, 0) is 30.8 Å². The fraction of sp³-hybridized carbons (Fsp3) is 0.412. The molecule has 5 nitrogen and oxygen atoms in total. The average molecular weight is 328 g/mol. The maximum atomic E-state index is 12.6. The number of likely N-dealkylation sites (N-methyl/N-ethyl adjacent to an activating group) is 1. The Balaban J connectivity index is 1.40. The molecule has 2 aliphatic rings. The van der Waals surface area contributed by atoms with Gasteiger partial charge in [0.05, 0.1) is 18.3 Å². The van der Waals surface area contributed by atoms with Crippen molar-refractivity contribution in [3.05, 3.63) is 47.3 Å². The highest BCUT2D eigenvalue weighted by Gasteiger charge is 2.28. The predicted molar refractivity (Wildman–Crippen MR) is 90.2 cm³/mol. The minimum Gasteiger partial charge on any atom is -0.349 e. The van der Waals surface area contributed by atoms with E-state index in [9.17, 15) is 4.79 Å². The highest BCUT2D eigenvalue weighted by atomic mass is 32.2. The van der Waals surface area contributed by atoms with Gasteiger partial charge in [-0.25, -0.2) is 4.98 Å². The number of fused-ring (bicyclic) bond motifs is 2. The summed E-state index contributed by atoms with van der Waals surface area (Å²) in [4.78, 5) is 19.3. The number of carbonyl (C=O) groups excluding carboxylic acids is 1. The lowest BCUT2D eigenvalue weighted by atomic mass is 9.94. The highest BCUT2D eigenvalue weighted by Crippen LogP contribution is 2.25. The van der Waals surface area contributed by atoms with E-state index in [1.165, 1.54) is 11.1 Å². The average Bonchev–Trinajstić information content (AvgIpc) is 3.13. The molecule has 1 aromatic heterocycles. The van der Waals surface area contributed by atoms with Crippen molar-refractivity contribution in [1.82, 2.24) is 19.8 Å². The van der Waals surface area contributed by atoms with Crippen molar-refractivity contribution in [3.63, 3.8) is 0 Å². The quantitative estimate of drug-likeness (QED) is 0.931. The van der Waals surface area contributed by atoms with Crippen LogP contribution in [0, 0.1) is 0 Å². The number of thioether (sulfide) groups is 1. The van der Waals surface area contributed by atoms with Crippen LogP contribution >= 0.6 is 11.8 Å². The topological polar surface area (TPSA) is 50.2 Å². The molecule has 0 radical (unpaired) electrons. The van der Waals surface area contributed by atoms with Crippen LogP contribution in [0.5, 0.6) is 0 Å². The summed E-state index contributed by atoms with van der Waals surface area (Å²) in [5.41, 5.74) is 3.55. The second kappa shape index (κ2) is 6.02. The van der Waals surface area contributed by atoms with Crippen molar-refractivity contribution in [2.75, 3.05) is 12.8 Å². The Morgan fingerprint density at radius 2 is 2.22 bits per heavy atom. The Bertz CT molecular complexity index is 720. The lowest BCUT2D eigenvalue weighted by Gasteiger charge is -2.32. The summed E-state index contributed by atoms with van der Waals surface area (Å²) in [6.07, 6.45) is 2.82. The van der Waals surface area contributed by atoms with Gasteiger partial charge in [0, 0.05) is 25.0 Å². The van der Waals surface area contributed by atoms with Crippen LogP contribution in [0.3, 0.4) is 0 Å². The highest BCUT2D eigenvalue weighted by molar-refractivity contribution is 7.99. The van der Waals surface area contributed by atoms with E-state index in [4.69, 9.17) is 0 Å². The molecule has 0 aliphatic carbocycles. The molecular weight excluding hydrogens is 308 g/mol. The molecule has 1 N–H and O–H groups in total. The molecule has 2 aromatic rings. The van der Waals surface area contributed by atoms with Gasteiger partial charge < -0.3 is 9.88 Å². The summed E-state index contributed by atoms with van der Waals surface area (Å²) in [6.45, 7) is 2.35. The Morgan fingerprint density at radius 1 is 1.39 bits per heavy atom. The maximum Gasteiger partial charge on any atom is 0.238 e. The monoisotopic (exact) mass is 328 g/mol. The molecule has 1 amide bonds. The number of hydrogen-bond donors (Lipinski definition) is 1. The standard InChI is InChI=1S/C17H20N4OS/c1-20-10-13-5-3-2-4-12(13)8-15(20)16(22)18-9-14-11-21-6-7-23-17(21)19-14/h2-5,11,15H,6-10H2,1H3,(H,18,22)/t15-/m0/s1. The second-order valence-electron chi connectivity index (χ2n) is 6.18. The van der Waals surface area contributed by atoms with E-state index in [1.54, 1.807) is 11.8 Å². The Kier molecular flexibility index (Phi) is 3.87. The number of nitrogens with one attached hydrogen (secondary N) is 1. The van der Waals surface area contributed by atoms with Gasteiger partial charge in [0.15, 0.2) is 5.16 Å². The molecule has 0 fully saturated rings. The third-order valence-electron chi connectivity index (χ3n) is 4.58. The second-order valence-corrected chi connectivity index (χ2v) is 7.24. The van der Waals surface area contributed by atoms with E-state index in [1.807, 2.05) is 13.1 Å². The zero-order valence-electron chi connectivity index (χ0n) is 13.2. The fourth-order valence-electron chi connectivity index (χ4n) is 3.29. The molecule has 6 heteroatoms. The van der Waals surface area contributed by atoms with Gasteiger partial charge in [-0.15, -0.1) is 0 Å². The Morgan fingerprint density at radius 3 is 3.04 bits per heavy atom. The minimum absolute atomic E-state index is 0.0859. The van der Waals surface area contributed by atoms with E-state index < -0.39 is 0 Å². The number of nitrogens with zero attached hydrogens (tertiary/aromatic N) is 3. The molecule has 120 valence electrons. The molecule has 0 spiro atoms. The smallest absolute Gasteiger partial charge is 0.238 e. The van der Waals surface area contributed by atoms with E-state index in [2.05, 4.69) is 44.2 Å². The van der Waals surface area contributed by atoms with E-state index in [0.29, 0.717) is 6.54 Å². The summed E-state index contributed by atoms with van der Waals surface area (Å²) in [5, 5.41) is 4.12. The number of carbonyl (C=O) groups is 1. The Hall–Kier alpha value is -1.79. The number of rotatable bonds is 3. The van der Waals surface area contributed by atoms with Crippen LogP contribution < -0.4 is 5.32 Å². The number of aromatic nitrogens is 2. The van der Waals surface area contributed by atoms with E-state index >= 15 is 0 Å². The molecule has 2 aliphatic heterocycles. The van der Waals surface area contributed by atoms with Gasteiger partial charge in [0.1, 0.15) is 0 Å². The molecule has 0 bridgehead atoms. The predicted octanol–water partition coefficient (Wildman–Crippen LogP) is 1.66. The van der Waals surface area contributed by atoms with Crippen LogP contribution in [0.4, 0.5) is 0 Å². The first-order valence-corrected chi connectivity index (χ1v) is 8.93. The first-order chi connectivity index (χ1) is 11.2. The third kappa shape index (κ3) is 2.88. The number of benzene rings is 1. The molecule has 1 aromatic carbocycles. The molecule has 23 heavy (non-hydrogen) atoms. The number of imidazole rings is 1. The van der Waals surface area contributed by atoms with Gasteiger partial charge in [-0.3, -0.25) is 9.69 Å². The van der Waals surface area contributed by atoms with E-state index in [0.717, 1.165) is 36.1 Å². The largest absolute Gasteiger partial charge is 0.349 e. The minimum atomic E-state index is -0.103. The van der Waals surface area contributed by atoms with Crippen molar-refractivity contribution in [1.29, 1.82) is 0 Å². The molecule has 4 rings (SSSR count). The van der Waals surface area contributed by atoms with Crippen molar-refractivity contribution in [2.45, 2.75) is 37.3 Å². The third-order valence-corrected chi connectivity index (χ3v) is 5.55. The fourth-order valence-corrected chi connectivity index (χ4v) is 4.25. The van der Waals surface area contributed by atoms with Gasteiger partial charge in [0.2, 0.25) is 5.91 Å². The lowest BCUT2D eigenvalue weighted by Crippen LogP contribution is -2.48. The zero-order valence-corrected chi connectivity index (χ0v) is 14.0. The molecule has 0 unspecified atom stereocenters. The lowest BCUT2D eigenvalue weighted by molar-refractivity contribution is -0.126. The number of hydrogen-bond acceptors (Lipinski definition) is 4.